The SMILES string of the molecule is C=CCC[C@@H](C)OC1OC(C)C(OC(=O)c2ccccc2)CC1OC(=O)c1ccccc1. The van der Waals surface area contributed by atoms with Crippen LogP contribution in [0.5, 0.6) is 0 Å². The van der Waals surface area contributed by atoms with Crippen molar-refractivity contribution in [2.75, 3.05) is 0 Å². The summed E-state index contributed by atoms with van der Waals surface area (Å²) < 4.78 is 23.6. The van der Waals surface area contributed by atoms with Crippen LogP contribution in [0.4, 0.5) is 0 Å². The molecule has 3 rings (SSSR count). The van der Waals surface area contributed by atoms with Crippen LogP contribution in [-0.4, -0.2) is 42.6 Å². The monoisotopic (exact) mass is 438 g/mol. The van der Waals surface area contributed by atoms with Crippen LogP contribution in [0.3, 0.4) is 0 Å². The van der Waals surface area contributed by atoms with Gasteiger partial charge in [0.2, 0.25) is 0 Å². The molecule has 1 saturated heterocycles. The first-order valence-corrected chi connectivity index (χ1v) is 10.9. The van der Waals surface area contributed by atoms with E-state index in [-0.39, 0.29) is 12.5 Å². The summed E-state index contributed by atoms with van der Waals surface area (Å²) in [6.07, 6.45) is 1.06. The summed E-state index contributed by atoms with van der Waals surface area (Å²) in [4.78, 5) is 25.3. The maximum Gasteiger partial charge on any atom is 0.338 e. The summed E-state index contributed by atoms with van der Waals surface area (Å²) in [7, 11) is 0. The molecule has 2 aromatic rings. The number of ether oxygens (including phenoxy) is 4. The second-order valence-electron chi connectivity index (χ2n) is 7.88. The number of carbonyl (C=O) groups excluding carboxylic acids is 2. The standard InChI is InChI=1S/C26H30O6/c1-4-5-12-18(2)29-26-23(32-25(28)21-15-10-7-11-16-21)17-22(19(3)30-26)31-24(27)20-13-8-6-9-14-20/h4,6-11,13-16,18-19,22-23,26H,1,5,12,17H2,2-3H3/t18-,19?,22?,23?,26?/m1/s1. The van der Waals surface area contributed by atoms with Crippen molar-refractivity contribution in [3.63, 3.8) is 0 Å². The number of benzene rings is 2. The van der Waals surface area contributed by atoms with E-state index in [1.165, 1.54) is 0 Å². The Morgan fingerprint density at radius 1 is 1.00 bits per heavy atom. The van der Waals surface area contributed by atoms with Crippen molar-refractivity contribution in [3.8, 4) is 0 Å². The average molecular weight is 439 g/mol. The highest BCUT2D eigenvalue weighted by Crippen LogP contribution is 2.28. The molecule has 1 aliphatic rings. The van der Waals surface area contributed by atoms with Crippen LogP contribution < -0.4 is 0 Å². The molecule has 1 heterocycles. The molecule has 6 nitrogen and oxygen atoms in total. The molecule has 32 heavy (non-hydrogen) atoms. The van der Waals surface area contributed by atoms with Crippen LogP contribution in [0.2, 0.25) is 0 Å². The number of rotatable bonds is 9. The first-order valence-electron chi connectivity index (χ1n) is 10.9. The summed E-state index contributed by atoms with van der Waals surface area (Å²) in [5, 5.41) is 0. The molecule has 0 bridgehead atoms. The van der Waals surface area contributed by atoms with Gasteiger partial charge in [0.05, 0.1) is 23.3 Å². The Morgan fingerprint density at radius 2 is 1.53 bits per heavy atom. The third kappa shape index (κ3) is 6.52. The number of carbonyl (C=O) groups is 2. The van der Waals surface area contributed by atoms with Crippen molar-refractivity contribution in [2.45, 2.75) is 63.8 Å². The molecule has 0 amide bonds. The van der Waals surface area contributed by atoms with E-state index in [4.69, 9.17) is 18.9 Å². The summed E-state index contributed by atoms with van der Waals surface area (Å²) in [6, 6.07) is 17.5. The van der Waals surface area contributed by atoms with E-state index in [2.05, 4.69) is 6.58 Å². The van der Waals surface area contributed by atoms with Crippen molar-refractivity contribution in [1.82, 2.24) is 0 Å². The Bertz CT molecular complexity index is 882. The van der Waals surface area contributed by atoms with Gasteiger partial charge in [-0.2, -0.15) is 0 Å². The van der Waals surface area contributed by atoms with Gasteiger partial charge in [-0.05, 0) is 51.0 Å². The van der Waals surface area contributed by atoms with E-state index in [0.29, 0.717) is 11.1 Å². The molecule has 1 aliphatic heterocycles. The van der Waals surface area contributed by atoms with Crippen LogP contribution in [0, 0.1) is 0 Å². The lowest BCUT2D eigenvalue weighted by Crippen LogP contribution is -2.51. The lowest BCUT2D eigenvalue weighted by Gasteiger charge is -2.39. The van der Waals surface area contributed by atoms with Gasteiger partial charge in [0.25, 0.3) is 0 Å². The number of allylic oxidation sites excluding steroid dienone is 1. The molecule has 5 atom stereocenters. The van der Waals surface area contributed by atoms with Crippen LogP contribution in [0.15, 0.2) is 73.3 Å². The van der Waals surface area contributed by atoms with Crippen LogP contribution in [0.25, 0.3) is 0 Å². The van der Waals surface area contributed by atoms with Crippen molar-refractivity contribution < 1.29 is 28.5 Å². The molecular formula is C26H30O6. The summed E-state index contributed by atoms with van der Waals surface area (Å²) in [5.74, 6) is -0.924. The second kappa shape index (κ2) is 11.6. The fourth-order valence-electron chi connectivity index (χ4n) is 3.49. The third-order valence-electron chi connectivity index (χ3n) is 5.32. The quantitative estimate of drug-likeness (QED) is 0.408. The minimum atomic E-state index is -0.760. The number of hydrogen-bond donors (Lipinski definition) is 0. The molecule has 0 spiro atoms. The van der Waals surface area contributed by atoms with Gasteiger partial charge in [0, 0.05) is 6.42 Å². The zero-order valence-electron chi connectivity index (χ0n) is 18.5. The van der Waals surface area contributed by atoms with Gasteiger partial charge < -0.3 is 18.9 Å². The molecule has 4 unspecified atom stereocenters. The molecule has 0 aliphatic carbocycles. The average Bonchev–Trinajstić information content (AvgIpc) is 2.81. The maximum absolute atomic E-state index is 12.7. The van der Waals surface area contributed by atoms with Gasteiger partial charge in [-0.15, -0.1) is 6.58 Å². The topological polar surface area (TPSA) is 71.1 Å². The van der Waals surface area contributed by atoms with Gasteiger partial charge in [-0.1, -0.05) is 42.5 Å². The normalized spacial score (nSPS) is 23.7. The third-order valence-corrected chi connectivity index (χ3v) is 5.32. The largest absolute Gasteiger partial charge is 0.456 e. The van der Waals surface area contributed by atoms with Crippen LogP contribution >= 0.6 is 0 Å². The molecule has 0 radical (unpaired) electrons. The molecule has 0 aromatic heterocycles. The van der Waals surface area contributed by atoms with E-state index in [0.717, 1.165) is 12.8 Å². The summed E-state index contributed by atoms with van der Waals surface area (Å²) >= 11 is 0. The summed E-state index contributed by atoms with van der Waals surface area (Å²) in [6.45, 7) is 7.50. The second-order valence-corrected chi connectivity index (χ2v) is 7.88. The minimum absolute atomic E-state index is 0.119. The van der Waals surface area contributed by atoms with Gasteiger partial charge in [-0.25, -0.2) is 9.59 Å². The zero-order chi connectivity index (χ0) is 22.9. The van der Waals surface area contributed by atoms with Gasteiger partial charge >= 0.3 is 11.9 Å². The van der Waals surface area contributed by atoms with E-state index >= 15 is 0 Å². The zero-order valence-corrected chi connectivity index (χ0v) is 18.5. The smallest absolute Gasteiger partial charge is 0.338 e. The molecule has 1 fully saturated rings. The lowest BCUT2D eigenvalue weighted by molar-refractivity contribution is -0.272. The molecular weight excluding hydrogens is 408 g/mol. The fraction of sp³-hybridized carbons (Fsp3) is 0.385. The Kier molecular flexibility index (Phi) is 8.59. The van der Waals surface area contributed by atoms with Crippen molar-refractivity contribution in [1.29, 1.82) is 0 Å². The van der Waals surface area contributed by atoms with Crippen LogP contribution in [-0.2, 0) is 18.9 Å². The molecule has 2 aromatic carbocycles. The number of esters is 2. The van der Waals surface area contributed by atoms with Crippen molar-refractivity contribution in [2.24, 2.45) is 0 Å². The predicted molar refractivity (Wildman–Crippen MR) is 120 cm³/mol. The highest BCUT2D eigenvalue weighted by molar-refractivity contribution is 5.90. The number of hydrogen-bond acceptors (Lipinski definition) is 6. The first-order chi connectivity index (χ1) is 15.5. The Hall–Kier alpha value is -2.96. The van der Waals surface area contributed by atoms with Crippen molar-refractivity contribution in [3.05, 3.63) is 84.4 Å². The minimum Gasteiger partial charge on any atom is -0.456 e. The highest BCUT2D eigenvalue weighted by atomic mass is 16.7. The van der Waals surface area contributed by atoms with Gasteiger partial charge in [0.1, 0.15) is 6.10 Å². The van der Waals surface area contributed by atoms with E-state index < -0.39 is 36.5 Å². The van der Waals surface area contributed by atoms with Crippen LogP contribution in [0.1, 0.15) is 53.8 Å². The molecule has 6 heteroatoms. The Morgan fingerprint density at radius 3 is 2.06 bits per heavy atom. The molecule has 0 saturated carbocycles. The predicted octanol–water partition coefficient (Wildman–Crippen LogP) is 4.94. The van der Waals surface area contributed by atoms with E-state index in [1.54, 1.807) is 48.5 Å². The molecule has 170 valence electrons. The summed E-state index contributed by atoms with van der Waals surface area (Å²) in [5.41, 5.74) is 0.886. The van der Waals surface area contributed by atoms with Crippen molar-refractivity contribution >= 4 is 11.9 Å². The van der Waals surface area contributed by atoms with E-state index in [1.807, 2.05) is 32.1 Å². The van der Waals surface area contributed by atoms with Gasteiger partial charge in [-0.3, -0.25) is 0 Å². The molecule has 0 N–H and O–H groups in total. The Balaban J connectivity index is 1.72. The lowest BCUT2D eigenvalue weighted by atomic mass is 10.0. The van der Waals surface area contributed by atoms with Gasteiger partial charge in [0.15, 0.2) is 12.4 Å². The fourth-order valence-corrected chi connectivity index (χ4v) is 3.49. The maximum atomic E-state index is 12.7. The first kappa shape index (κ1) is 23.7. The van der Waals surface area contributed by atoms with E-state index in [9.17, 15) is 9.59 Å². The highest BCUT2D eigenvalue weighted by Gasteiger charge is 2.41. The Labute approximate surface area is 189 Å².